The molecular weight excluding hydrogens is 206 g/mol. The summed E-state index contributed by atoms with van der Waals surface area (Å²) in [5.74, 6) is 0. The first-order valence-corrected chi connectivity index (χ1v) is 5.00. The monoisotopic (exact) mass is 217 g/mol. The Bertz CT molecular complexity index is 485. The second kappa shape index (κ2) is 3.82. The Morgan fingerprint density at radius 1 is 1.27 bits per heavy atom. The average Bonchev–Trinajstić information content (AvgIpc) is 2.65. The van der Waals surface area contributed by atoms with Crippen LogP contribution >= 0.6 is 12.2 Å². The maximum absolute atomic E-state index is 5.52. The molecule has 2 aromatic rings. The van der Waals surface area contributed by atoms with Crippen molar-refractivity contribution >= 4 is 17.2 Å². The Kier molecular flexibility index (Phi) is 2.51. The third kappa shape index (κ3) is 2.05. The van der Waals surface area contributed by atoms with Crippen molar-refractivity contribution in [1.29, 1.82) is 0 Å². The number of hydrogen-bond donors (Lipinski definition) is 1. The molecule has 4 heteroatoms. The highest BCUT2D eigenvalue weighted by Crippen LogP contribution is 2.09. The van der Waals surface area contributed by atoms with Crippen molar-refractivity contribution in [2.75, 3.05) is 0 Å². The lowest BCUT2D eigenvalue weighted by Crippen LogP contribution is -2.09. The molecule has 0 spiro atoms. The Hall–Kier alpha value is -1.68. The highest BCUT2D eigenvalue weighted by atomic mass is 32.1. The molecule has 15 heavy (non-hydrogen) atoms. The average molecular weight is 217 g/mol. The summed E-state index contributed by atoms with van der Waals surface area (Å²) in [6, 6.07) is 9.65. The van der Waals surface area contributed by atoms with Crippen molar-refractivity contribution in [2.45, 2.75) is 6.92 Å². The van der Waals surface area contributed by atoms with Crippen LogP contribution in [0.15, 0.2) is 36.5 Å². The lowest BCUT2D eigenvalue weighted by atomic mass is 10.2. The van der Waals surface area contributed by atoms with Crippen LogP contribution in [0.1, 0.15) is 11.3 Å². The van der Waals surface area contributed by atoms with Gasteiger partial charge in [-0.25, -0.2) is 4.68 Å². The van der Waals surface area contributed by atoms with Crippen molar-refractivity contribution in [1.82, 2.24) is 9.78 Å². The van der Waals surface area contributed by atoms with E-state index in [9.17, 15) is 0 Å². The molecule has 0 fully saturated rings. The number of rotatable bonds is 2. The molecule has 0 aliphatic heterocycles. The summed E-state index contributed by atoms with van der Waals surface area (Å²) in [7, 11) is 0. The SMILES string of the molecule is Cc1ccn(-c2ccc(C(N)=S)cc2)n1. The zero-order valence-electron chi connectivity index (χ0n) is 8.34. The van der Waals surface area contributed by atoms with Crippen molar-refractivity contribution in [2.24, 2.45) is 5.73 Å². The second-order valence-corrected chi connectivity index (χ2v) is 3.75. The van der Waals surface area contributed by atoms with E-state index in [1.54, 1.807) is 0 Å². The summed E-state index contributed by atoms with van der Waals surface area (Å²) in [5.41, 5.74) is 8.39. The molecule has 1 heterocycles. The quantitative estimate of drug-likeness (QED) is 0.780. The highest BCUT2D eigenvalue weighted by molar-refractivity contribution is 7.80. The minimum atomic E-state index is 0.415. The summed E-state index contributed by atoms with van der Waals surface area (Å²) >= 11 is 4.88. The first-order chi connectivity index (χ1) is 7.16. The zero-order valence-corrected chi connectivity index (χ0v) is 9.16. The van der Waals surface area contributed by atoms with Crippen molar-refractivity contribution in [3.05, 3.63) is 47.8 Å². The van der Waals surface area contributed by atoms with Crippen LogP contribution in [0.2, 0.25) is 0 Å². The molecule has 0 bridgehead atoms. The van der Waals surface area contributed by atoms with Gasteiger partial charge in [0, 0.05) is 11.8 Å². The van der Waals surface area contributed by atoms with E-state index >= 15 is 0 Å². The van der Waals surface area contributed by atoms with E-state index in [1.165, 1.54) is 0 Å². The van der Waals surface area contributed by atoms with E-state index in [0.29, 0.717) is 4.99 Å². The predicted molar refractivity (Wildman–Crippen MR) is 64.2 cm³/mol. The number of hydrogen-bond acceptors (Lipinski definition) is 2. The summed E-state index contributed by atoms with van der Waals surface area (Å²) in [4.78, 5) is 0.415. The van der Waals surface area contributed by atoms with Crippen LogP contribution in [0.5, 0.6) is 0 Å². The molecule has 0 aliphatic carbocycles. The third-order valence-corrected chi connectivity index (χ3v) is 2.37. The number of nitrogens with zero attached hydrogens (tertiary/aromatic N) is 2. The second-order valence-electron chi connectivity index (χ2n) is 3.31. The van der Waals surface area contributed by atoms with Gasteiger partial charge in [0.15, 0.2) is 0 Å². The molecule has 0 radical (unpaired) electrons. The van der Waals surface area contributed by atoms with Gasteiger partial charge in [-0.3, -0.25) is 0 Å². The smallest absolute Gasteiger partial charge is 0.103 e. The van der Waals surface area contributed by atoms with E-state index in [0.717, 1.165) is 16.9 Å². The summed E-state index contributed by atoms with van der Waals surface area (Å²) in [6.45, 7) is 1.96. The fourth-order valence-electron chi connectivity index (χ4n) is 1.34. The molecule has 3 nitrogen and oxygen atoms in total. The van der Waals surface area contributed by atoms with Gasteiger partial charge in [0.2, 0.25) is 0 Å². The molecule has 0 atom stereocenters. The van der Waals surface area contributed by atoms with Gasteiger partial charge in [-0.15, -0.1) is 0 Å². The molecular formula is C11H11N3S. The molecule has 0 saturated heterocycles. The number of aryl methyl sites for hydroxylation is 1. The molecule has 1 aromatic heterocycles. The Labute approximate surface area is 93.5 Å². The van der Waals surface area contributed by atoms with E-state index in [4.69, 9.17) is 18.0 Å². The molecule has 1 aromatic carbocycles. The third-order valence-electron chi connectivity index (χ3n) is 2.14. The number of aromatic nitrogens is 2. The maximum Gasteiger partial charge on any atom is 0.103 e. The number of thiocarbonyl (C=S) groups is 1. The van der Waals surface area contributed by atoms with Crippen LogP contribution < -0.4 is 5.73 Å². The van der Waals surface area contributed by atoms with Crippen molar-refractivity contribution in [3.8, 4) is 5.69 Å². The van der Waals surface area contributed by atoms with Gasteiger partial charge in [-0.2, -0.15) is 5.10 Å². The minimum Gasteiger partial charge on any atom is -0.389 e. The van der Waals surface area contributed by atoms with Gasteiger partial charge in [0.1, 0.15) is 4.99 Å². The van der Waals surface area contributed by atoms with Gasteiger partial charge >= 0.3 is 0 Å². The van der Waals surface area contributed by atoms with E-state index in [1.807, 2.05) is 48.1 Å². The van der Waals surface area contributed by atoms with Gasteiger partial charge in [-0.1, -0.05) is 12.2 Å². The van der Waals surface area contributed by atoms with Crippen LogP contribution in [-0.4, -0.2) is 14.8 Å². The first kappa shape index (κ1) is 9.86. The van der Waals surface area contributed by atoms with Gasteiger partial charge in [-0.05, 0) is 37.3 Å². The Morgan fingerprint density at radius 2 is 1.93 bits per heavy atom. The standard InChI is InChI=1S/C11H11N3S/c1-8-6-7-14(13-8)10-4-2-9(3-5-10)11(12)15/h2-7H,1H3,(H2,12,15). The minimum absolute atomic E-state index is 0.415. The van der Waals surface area contributed by atoms with Crippen LogP contribution in [-0.2, 0) is 0 Å². The molecule has 2 rings (SSSR count). The van der Waals surface area contributed by atoms with E-state index < -0.39 is 0 Å². The van der Waals surface area contributed by atoms with Crippen molar-refractivity contribution in [3.63, 3.8) is 0 Å². The van der Waals surface area contributed by atoms with Gasteiger partial charge < -0.3 is 5.73 Å². The van der Waals surface area contributed by atoms with Gasteiger partial charge in [0.05, 0.1) is 11.4 Å². The molecule has 0 aliphatic rings. The van der Waals surface area contributed by atoms with Crippen molar-refractivity contribution < 1.29 is 0 Å². The van der Waals surface area contributed by atoms with Gasteiger partial charge in [0.25, 0.3) is 0 Å². The Balaban J connectivity index is 2.35. The van der Waals surface area contributed by atoms with E-state index in [2.05, 4.69) is 5.10 Å². The normalized spacial score (nSPS) is 10.2. The largest absolute Gasteiger partial charge is 0.389 e. The Morgan fingerprint density at radius 3 is 2.40 bits per heavy atom. The first-order valence-electron chi connectivity index (χ1n) is 4.59. The summed E-state index contributed by atoms with van der Waals surface area (Å²) in [5, 5.41) is 4.31. The van der Waals surface area contributed by atoms with Crippen LogP contribution in [0.25, 0.3) is 5.69 Å². The number of nitrogens with two attached hydrogens (primary N) is 1. The molecule has 76 valence electrons. The molecule has 0 unspecified atom stereocenters. The maximum atomic E-state index is 5.52. The predicted octanol–water partition coefficient (Wildman–Crippen LogP) is 1.81. The summed E-state index contributed by atoms with van der Waals surface area (Å²) < 4.78 is 1.82. The molecule has 2 N–H and O–H groups in total. The molecule has 0 amide bonds. The van der Waals surface area contributed by atoms with Crippen LogP contribution in [0.4, 0.5) is 0 Å². The van der Waals surface area contributed by atoms with E-state index in [-0.39, 0.29) is 0 Å². The lowest BCUT2D eigenvalue weighted by Gasteiger charge is -2.02. The topological polar surface area (TPSA) is 43.8 Å². The summed E-state index contributed by atoms with van der Waals surface area (Å²) in [6.07, 6.45) is 1.92. The fraction of sp³-hybridized carbons (Fsp3) is 0.0909. The molecule has 0 saturated carbocycles. The lowest BCUT2D eigenvalue weighted by molar-refractivity contribution is 0.862. The zero-order chi connectivity index (χ0) is 10.8. The van der Waals surface area contributed by atoms with Crippen LogP contribution in [0, 0.1) is 6.92 Å². The van der Waals surface area contributed by atoms with Crippen LogP contribution in [0.3, 0.4) is 0 Å². The number of benzene rings is 1. The highest BCUT2D eigenvalue weighted by Gasteiger charge is 1.99. The fourth-order valence-corrected chi connectivity index (χ4v) is 1.47.